The zero-order chi connectivity index (χ0) is 13.8. The number of nitriles is 1. The molecule has 0 aromatic carbocycles. The number of amides is 2. The molecule has 0 radical (unpaired) electrons. The van der Waals surface area contributed by atoms with Crippen molar-refractivity contribution in [3.8, 4) is 6.07 Å². The van der Waals surface area contributed by atoms with Gasteiger partial charge in [-0.25, -0.2) is 0 Å². The van der Waals surface area contributed by atoms with Crippen LogP contribution in [0.15, 0.2) is 0 Å². The summed E-state index contributed by atoms with van der Waals surface area (Å²) >= 11 is 0. The van der Waals surface area contributed by atoms with Crippen LogP contribution in [-0.2, 0) is 9.59 Å². The number of hydrogen-bond donors (Lipinski definition) is 0. The summed E-state index contributed by atoms with van der Waals surface area (Å²) < 4.78 is 0. The normalized spacial score (nSPS) is 18.0. The molecule has 5 nitrogen and oxygen atoms in total. The standard InChI is InChI=1S/C13H21N3O2/c1-4-13(2,10-14)12(18)15(3)9-11(17)16-7-5-6-8-16/h4-9H2,1-3H3. The van der Waals surface area contributed by atoms with Gasteiger partial charge in [0.2, 0.25) is 11.8 Å². The molecule has 0 spiro atoms. The van der Waals surface area contributed by atoms with Gasteiger partial charge in [-0.3, -0.25) is 9.59 Å². The first-order chi connectivity index (χ1) is 8.44. The molecule has 0 N–H and O–H groups in total. The van der Waals surface area contributed by atoms with Gasteiger partial charge in [0.05, 0.1) is 12.6 Å². The van der Waals surface area contributed by atoms with Crippen LogP contribution >= 0.6 is 0 Å². The average molecular weight is 251 g/mol. The van der Waals surface area contributed by atoms with E-state index in [0.717, 1.165) is 25.9 Å². The van der Waals surface area contributed by atoms with Crippen LogP contribution in [0.4, 0.5) is 0 Å². The summed E-state index contributed by atoms with van der Waals surface area (Å²) in [5.41, 5.74) is -1.03. The predicted octanol–water partition coefficient (Wildman–Crippen LogP) is 1.01. The van der Waals surface area contributed by atoms with Gasteiger partial charge in [-0.15, -0.1) is 0 Å². The van der Waals surface area contributed by atoms with Crippen LogP contribution in [0, 0.1) is 16.7 Å². The molecule has 5 heteroatoms. The van der Waals surface area contributed by atoms with E-state index in [1.807, 2.05) is 6.07 Å². The van der Waals surface area contributed by atoms with Crippen molar-refractivity contribution in [3.05, 3.63) is 0 Å². The molecule has 0 saturated carbocycles. The third-order valence-corrected chi connectivity index (χ3v) is 3.60. The number of carbonyl (C=O) groups is 2. The molecule has 0 aromatic heterocycles. The van der Waals surface area contributed by atoms with Gasteiger partial charge in [0.1, 0.15) is 5.41 Å². The van der Waals surface area contributed by atoms with Gasteiger partial charge in [-0.05, 0) is 26.2 Å². The topological polar surface area (TPSA) is 64.4 Å². The van der Waals surface area contributed by atoms with Gasteiger partial charge in [-0.2, -0.15) is 5.26 Å². The van der Waals surface area contributed by atoms with Crippen molar-refractivity contribution in [1.29, 1.82) is 5.26 Å². The Kier molecular flexibility index (Phi) is 4.71. The Morgan fingerprint density at radius 3 is 2.39 bits per heavy atom. The van der Waals surface area contributed by atoms with E-state index in [-0.39, 0.29) is 18.4 Å². The predicted molar refractivity (Wildman–Crippen MR) is 67.5 cm³/mol. The van der Waals surface area contributed by atoms with Crippen molar-refractivity contribution < 1.29 is 9.59 Å². The van der Waals surface area contributed by atoms with Gasteiger partial charge in [0, 0.05) is 20.1 Å². The summed E-state index contributed by atoms with van der Waals surface area (Å²) in [5, 5.41) is 9.06. The number of rotatable bonds is 4. The number of nitrogens with zero attached hydrogens (tertiary/aromatic N) is 3. The van der Waals surface area contributed by atoms with Crippen molar-refractivity contribution in [2.45, 2.75) is 33.1 Å². The second-order valence-corrected chi connectivity index (χ2v) is 5.05. The fourth-order valence-corrected chi connectivity index (χ4v) is 2.04. The fourth-order valence-electron chi connectivity index (χ4n) is 2.04. The third kappa shape index (κ3) is 3.00. The minimum absolute atomic E-state index is 0.0280. The molecule has 100 valence electrons. The Bertz CT molecular complexity index is 369. The van der Waals surface area contributed by atoms with Crippen molar-refractivity contribution in [1.82, 2.24) is 9.80 Å². The molecular formula is C13H21N3O2. The zero-order valence-corrected chi connectivity index (χ0v) is 11.4. The number of carbonyl (C=O) groups excluding carboxylic acids is 2. The number of likely N-dealkylation sites (tertiary alicyclic amines) is 1. The van der Waals surface area contributed by atoms with Crippen LogP contribution in [0.25, 0.3) is 0 Å². The molecule has 1 heterocycles. The first-order valence-electron chi connectivity index (χ1n) is 6.39. The van der Waals surface area contributed by atoms with E-state index in [9.17, 15) is 9.59 Å². The quantitative estimate of drug-likeness (QED) is 0.749. The molecule has 2 amide bonds. The van der Waals surface area contributed by atoms with Crippen LogP contribution < -0.4 is 0 Å². The van der Waals surface area contributed by atoms with E-state index in [1.54, 1.807) is 25.8 Å². The molecule has 1 fully saturated rings. The number of hydrogen-bond acceptors (Lipinski definition) is 3. The van der Waals surface area contributed by atoms with E-state index in [0.29, 0.717) is 6.42 Å². The van der Waals surface area contributed by atoms with Gasteiger partial charge in [0.25, 0.3) is 0 Å². The molecule has 0 bridgehead atoms. The largest absolute Gasteiger partial charge is 0.341 e. The Hall–Kier alpha value is -1.57. The summed E-state index contributed by atoms with van der Waals surface area (Å²) in [6.07, 6.45) is 2.52. The van der Waals surface area contributed by atoms with Crippen molar-refractivity contribution in [3.63, 3.8) is 0 Å². The maximum atomic E-state index is 12.1. The van der Waals surface area contributed by atoms with E-state index in [1.165, 1.54) is 4.90 Å². The van der Waals surface area contributed by atoms with Gasteiger partial charge >= 0.3 is 0 Å². The molecule has 1 atom stereocenters. The maximum Gasteiger partial charge on any atom is 0.242 e. The van der Waals surface area contributed by atoms with E-state index in [2.05, 4.69) is 0 Å². The number of likely N-dealkylation sites (N-methyl/N-ethyl adjacent to an activating group) is 1. The van der Waals surface area contributed by atoms with E-state index < -0.39 is 5.41 Å². The summed E-state index contributed by atoms with van der Waals surface area (Å²) in [6, 6.07) is 2.04. The fraction of sp³-hybridized carbons (Fsp3) is 0.769. The molecule has 1 saturated heterocycles. The highest BCUT2D eigenvalue weighted by atomic mass is 16.2. The first-order valence-corrected chi connectivity index (χ1v) is 6.39. The Labute approximate surface area is 108 Å². The maximum absolute atomic E-state index is 12.1. The molecule has 1 rings (SSSR count). The van der Waals surface area contributed by atoms with Gasteiger partial charge < -0.3 is 9.80 Å². The van der Waals surface area contributed by atoms with Gasteiger partial charge in [-0.1, -0.05) is 6.92 Å². The molecule has 1 aliphatic rings. The zero-order valence-electron chi connectivity index (χ0n) is 11.4. The van der Waals surface area contributed by atoms with Crippen LogP contribution in [0.1, 0.15) is 33.1 Å². The molecular weight excluding hydrogens is 230 g/mol. The highest BCUT2D eigenvalue weighted by Crippen LogP contribution is 2.22. The lowest BCUT2D eigenvalue weighted by Gasteiger charge is -2.27. The second-order valence-electron chi connectivity index (χ2n) is 5.05. The summed E-state index contributed by atoms with van der Waals surface area (Å²) in [4.78, 5) is 27.2. The first kappa shape index (κ1) is 14.5. The minimum atomic E-state index is -1.03. The van der Waals surface area contributed by atoms with Crippen LogP contribution in [-0.4, -0.2) is 48.3 Å². The van der Waals surface area contributed by atoms with E-state index in [4.69, 9.17) is 5.26 Å². The van der Waals surface area contributed by atoms with Crippen molar-refractivity contribution >= 4 is 11.8 Å². The van der Waals surface area contributed by atoms with Crippen LogP contribution in [0.5, 0.6) is 0 Å². The monoisotopic (exact) mass is 251 g/mol. The highest BCUT2D eigenvalue weighted by molar-refractivity contribution is 5.89. The summed E-state index contributed by atoms with van der Waals surface area (Å²) in [5.74, 6) is -0.306. The molecule has 0 aliphatic carbocycles. The van der Waals surface area contributed by atoms with Crippen LogP contribution in [0.2, 0.25) is 0 Å². The molecule has 1 aliphatic heterocycles. The summed E-state index contributed by atoms with van der Waals surface area (Å²) in [7, 11) is 1.58. The van der Waals surface area contributed by atoms with Crippen LogP contribution in [0.3, 0.4) is 0 Å². The lowest BCUT2D eigenvalue weighted by molar-refractivity contribution is -0.143. The Morgan fingerprint density at radius 2 is 1.94 bits per heavy atom. The van der Waals surface area contributed by atoms with Crippen molar-refractivity contribution in [2.75, 3.05) is 26.7 Å². The highest BCUT2D eigenvalue weighted by Gasteiger charge is 2.35. The lowest BCUT2D eigenvalue weighted by Crippen LogP contribution is -2.45. The lowest BCUT2D eigenvalue weighted by atomic mass is 9.88. The van der Waals surface area contributed by atoms with Crippen molar-refractivity contribution in [2.24, 2.45) is 5.41 Å². The average Bonchev–Trinajstić information content (AvgIpc) is 2.90. The minimum Gasteiger partial charge on any atom is -0.341 e. The Balaban J connectivity index is 2.59. The molecule has 0 aromatic rings. The van der Waals surface area contributed by atoms with E-state index >= 15 is 0 Å². The summed E-state index contributed by atoms with van der Waals surface area (Å²) in [6.45, 7) is 5.05. The van der Waals surface area contributed by atoms with Gasteiger partial charge in [0.15, 0.2) is 0 Å². The Morgan fingerprint density at radius 1 is 1.39 bits per heavy atom. The third-order valence-electron chi connectivity index (χ3n) is 3.60. The second kappa shape index (κ2) is 5.85. The SMILES string of the molecule is CCC(C)(C#N)C(=O)N(C)CC(=O)N1CCCC1. The molecule has 18 heavy (non-hydrogen) atoms. The molecule has 1 unspecified atom stereocenters. The smallest absolute Gasteiger partial charge is 0.242 e.